The number of aryl methyl sites for hydroxylation is 1. The minimum atomic E-state index is 0.109. The molecule has 1 heterocycles. The Morgan fingerprint density at radius 1 is 1.29 bits per heavy atom. The first-order valence-corrected chi connectivity index (χ1v) is 5.55. The van der Waals surface area contributed by atoms with Gasteiger partial charge >= 0.3 is 0 Å². The lowest BCUT2D eigenvalue weighted by molar-refractivity contribution is 0.300. The summed E-state index contributed by atoms with van der Waals surface area (Å²) < 4.78 is 1.71. The lowest BCUT2D eigenvalue weighted by Gasteiger charge is -2.22. The molecule has 0 amide bonds. The summed E-state index contributed by atoms with van der Waals surface area (Å²) >= 11 is 0. The second-order valence-corrected chi connectivity index (χ2v) is 3.85. The molecule has 0 fully saturated rings. The van der Waals surface area contributed by atoms with Gasteiger partial charge < -0.3 is 10.0 Å². The summed E-state index contributed by atoms with van der Waals surface area (Å²) in [6.07, 6.45) is 1.71. The predicted octanol–water partition coefficient (Wildman–Crippen LogP) is 0.814. The van der Waals surface area contributed by atoms with Crippen LogP contribution in [0, 0.1) is 0 Å². The number of rotatable bonds is 5. The lowest BCUT2D eigenvalue weighted by Crippen LogP contribution is -2.28. The van der Waals surface area contributed by atoms with Gasteiger partial charge in [0.1, 0.15) is 5.82 Å². The molecule has 0 aliphatic carbocycles. The summed E-state index contributed by atoms with van der Waals surface area (Å²) in [5.74, 6) is 0.905. The minimum absolute atomic E-state index is 0.109. The molecule has 0 saturated heterocycles. The van der Waals surface area contributed by atoms with Crippen LogP contribution >= 0.6 is 0 Å². The average Bonchev–Trinajstić information content (AvgIpc) is 2.76. The largest absolute Gasteiger partial charge is 0.395 e. The molecule has 0 saturated carbocycles. The van der Waals surface area contributed by atoms with Crippen molar-refractivity contribution in [2.75, 3.05) is 18.1 Å². The van der Waals surface area contributed by atoms with Crippen LogP contribution in [0.15, 0.2) is 36.5 Å². The van der Waals surface area contributed by atoms with Gasteiger partial charge in [-0.15, -0.1) is 5.10 Å². The van der Waals surface area contributed by atoms with Crippen molar-refractivity contribution in [3.63, 3.8) is 0 Å². The molecule has 0 unspecified atom stereocenters. The molecule has 0 aliphatic rings. The molecule has 2 rings (SSSR count). The SMILES string of the molecule is Cn1nncc1N(CCO)Cc1ccccc1. The number of aliphatic hydroxyl groups is 1. The fourth-order valence-electron chi connectivity index (χ4n) is 1.77. The highest BCUT2D eigenvalue weighted by atomic mass is 16.3. The molecule has 1 aromatic carbocycles. The fourth-order valence-corrected chi connectivity index (χ4v) is 1.77. The molecule has 17 heavy (non-hydrogen) atoms. The summed E-state index contributed by atoms with van der Waals surface area (Å²) in [5.41, 5.74) is 1.20. The van der Waals surface area contributed by atoms with Gasteiger partial charge in [0.15, 0.2) is 0 Å². The zero-order chi connectivity index (χ0) is 12.1. The molecular formula is C12H16N4O. The fraction of sp³-hybridized carbons (Fsp3) is 0.333. The van der Waals surface area contributed by atoms with Gasteiger partial charge in [0.05, 0.1) is 12.8 Å². The Kier molecular flexibility index (Phi) is 3.72. The lowest BCUT2D eigenvalue weighted by atomic mass is 10.2. The molecule has 90 valence electrons. The number of hydrogen-bond acceptors (Lipinski definition) is 4. The Bertz CT molecular complexity index is 455. The molecule has 1 N–H and O–H groups in total. The minimum Gasteiger partial charge on any atom is -0.395 e. The van der Waals surface area contributed by atoms with E-state index in [2.05, 4.69) is 27.3 Å². The Morgan fingerprint density at radius 2 is 2.06 bits per heavy atom. The first-order chi connectivity index (χ1) is 8.31. The van der Waals surface area contributed by atoms with Gasteiger partial charge in [0, 0.05) is 20.1 Å². The van der Waals surface area contributed by atoms with Crippen molar-refractivity contribution in [1.29, 1.82) is 0 Å². The van der Waals surface area contributed by atoms with E-state index in [0.29, 0.717) is 6.54 Å². The molecule has 0 spiro atoms. The summed E-state index contributed by atoms with van der Waals surface area (Å²) in [6.45, 7) is 1.41. The number of aromatic nitrogens is 3. The molecule has 2 aromatic rings. The molecular weight excluding hydrogens is 216 g/mol. The van der Waals surface area contributed by atoms with E-state index < -0.39 is 0 Å². The van der Waals surface area contributed by atoms with Crippen molar-refractivity contribution < 1.29 is 5.11 Å². The van der Waals surface area contributed by atoms with E-state index in [1.807, 2.05) is 25.2 Å². The van der Waals surface area contributed by atoms with Crippen LogP contribution in [0.3, 0.4) is 0 Å². The highest BCUT2D eigenvalue weighted by Gasteiger charge is 2.10. The maximum absolute atomic E-state index is 9.11. The van der Waals surface area contributed by atoms with E-state index in [1.165, 1.54) is 5.56 Å². The first-order valence-electron chi connectivity index (χ1n) is 5.55. The maximum atomic E-state index is 9.11. The van der Waals surface area contributed by atoms with Gasteiger partial charge in [-0.25, -0.2) is 4.68 Å². The molecule has 0 atom stereocenters. The van der Waals surface area contributed by atoms with Crippen LogP contribution in [0.4, 0.5) is 5.82 Å². The maximum Gasteiger partial charge on any atom is 0.147 e. The Morgan fingerprint density at radius 3 is 2.65 bits per heavy atom. The zero-order valence-corrected chi connectivity index (χ0v) is 9.82. The third-order valence-corrected chi connectivity index (χ3v) is 2.60. The molecule has 5 heteroatoms. The molecule has 1 aromatic heterocycles. The van der Waals surface area contributed by atoms with Crippen molar-refractivity contribution in [2.24, 2.45) is 7.05 Å². The second-order valence-electron chi connectivity index (χ2n) is 3.85. The van der Waals surface area contributed by atoms with Crippen LogP contribution in [0.2, 0.25) is 0 Å². The number of benzene rings is 1. The van der Waals surface area contributed by atoms with Gasteiger partial charge in [-0.1, -0.05) is 35.5 Å². The normalized spacial score (nSPS) is 10.5. The van der Waals surface area contributed by atoms with Crippen LogP contribution in [0.1, 0.15) is 5.56 Å². The third-order valence-electron chi connectivity index (χ3n) is 2.60. The smallest absolute Gasteiger partial charge is 0.147 e. The second kappa shape index (κ2) is 5.45. The average molecular weight is 232 g/mol. The topological polar surface area (TPSA) is 54.2 Å². The summed E-state index contributed by atoms with van der Waals surface area (Å²) in [7, 11) is 1.84. The van der Waals surface area contributed by atoms with Crippen LogP contribution in [0.25, 0.3) is 0 Å². The van der Waals surface area contributed by atoms with Crippen molar-refractivity contribution >= 4 is 5.82 Å². The summed E-state index contributed by atoms with van der Waals surface area (Å²) in [4.78, 5) is 2.05. The van der Waals surface area contributed by atoms with Crippen LogP contribution < -0.4 is 4.90 Å². The highest BCUT2D eigenvalue weighted by Crippen LogP contribution is 2.14. The van der Waals surface area contributed by atoms with E-state index in [1.54, 1.807) is 10.9 Å². The van der Waals surface area contributed by atoms with Gasteiger partial charge in [0.2, 0.25) is 0 Å². The number of hydrogen-bond donors (Lipinski definition) is 1. The Balaban J connectivity index is 2.16. The summed E-state index contributed by atoms with van der Waals surface area (Å²) in [6, 6.07) is 10.1. The van der Waals surface area contributed by atoms with Crippen LogP contribution in [-0.2, 0) is 13.6 Å². The monoisotopic (exact) mass is 232 g/mol. The Labute approximate surface area is 100 Å². The van der Waals surface area contributed by atoms with Crippen molar-refractivity contribution in [3.05, 3.63) is 42.1 Å². The van der Waals surface area contributed by atoms with Crippen LogP contribution in [-0.4, -0.2) is 33.3 Å². The Hall–Kier alpha value is -1.88. The number of nitrogens with zero attached hydrogens (tertiary/aromatic N) is 4. The summed E-state index contributed by atoms with van der Waals surface area (Å²) in [5, 5.41) is 16.9. The van der Waals surface area contributed by atoms with E-state index in [9.17, 15) is 0 Å². The van der Waals surface area contributed by atoms with E-state index >= 15 is 0 Å². The van der Waals surface area contributed by atoms with Gasteiger partial charge in [-0.2, -0.15) is 0 Å². The predicted molar refractivity (Wildman–Crippen MR) is 65.6 cm³/mol. The van der Waals surface area contributed by atoms with Crippen molar-refractivity contribution in [1.82, 2.24) is 15.0 Å². The van der Waals surface area contributed by atoms with Crippen molar-refractivity contribution in [2.45, 2.75) is 6.54 Å². The molecule has 0 radical (unpaired) electrons. The van der Waals surface area contributed by atoms with Gasteiger partial charge in [0.25, 0.3) is 0 Å². The van der Waals surface area contributed by atoms with E-state index in [0.717, 1.165) is 12.4 Å². The molecule has 5 nitrogen and oxygen atoms in total. The van der Waals surface area contributed by atoms with E-state index in [-0.39, 0.29) is 6.61 Å². The number of anilines is 1. The quantitative estimate of drug-likeness (QED) is 0.829. The highest BCUT2D eigenvalue weighted by molar-refractivity contribution is 5.37. The number of aliphatic hydroxyl groups excluding tert-OH is 1. The zero-order valence-electron chi connectivity index (χ0n) is 9.82. The first kappa shape index (κ1) is 11.6. The third kappa shape index (κ3) is 2.82. The van der Waals surface area contributed by atoms with E-state index in [4.69, 9.17) is 5.11 Å². The van der Waals surface area contributed by atoms with Gasteiger partial charge in [-0.05, 0) is 5.56 Å². The standard InChI is InChI=1S/C12H16N4O/c1-15-12(9-13-14-15)16(7-8-17)10-11-5-3-2-4-6-11/h2-6,9,17H,7-8,10H2,1H3. The van der Waals surface area contributed by atoms with Crippen molar-refractivity contribution in [3.8, 4) is 0 Å². The van der Waals surface area contributed by atoms with Crippen LogP contribution in [0.5, 0.6) is 0 Å². The molecule has 0 bridgehead atoms. The molecule has 0 aliphatic heterocycles. The van der Waals surface area contributed by atoms with Gasteiger partial charge in [-0.3, -0.25) is 0 Å².